The number of carbonyl (C=O) groups is 2. The summed E-state index contributed by atoms with van der Waals surface area (Å²) in [4.78, 5) is 25.8. The van der Waals surface area contributed by atoms with Crippen LogP contribution < -0.4 is 16.4 Å². The number of benzene rings is 1. The van der Waals surface area contributed by atoms with Crippen LogP contribution in [0.25, 0.3) is 0 Å². The number of nitrogens with zero attached hydrogens (tertiary/aromatic N) is 1. The van der Waals surface area contributed by atoms with Gasteiger partial charge < -0.3 is 21.3 Å². The molecule has 1 aromatic carbocycles. The summed E-state index contributed by atoms with van der Waals surface area (Å²) in [6.07, 6.45) is 0.630. The summed E-state index contributed by atoms with van der Waals surface area (Å²) in [5.74, 6) is -0.320. The van der Waals surface area contributed by atoms with Gasteiger partial charge >= 0.3 is 0 Å². The maximum absolute atomic E-state index is 12.6. The third-order valence-electron chi connectivity index (χ3n) is 4.43. The Kier molecular flexibility index (Phi) is 3.23. The van der Waals surface area contributed by atoms with Crippen LogP contribution in [0.4, 0.5) is 11.4 Å². The van der Waals surface area contributed by atoms with Crippen molar-refractivity contribution in [3.8, 4) is 0 Å². The van der Waals surface area contributed by atoms with Gasteiger partial charge in [-0.3, -0.25) is 9.59 Å². The van der Waals surface area contributed by atoms with Gasteiger partial charge in [-0.05, 0) is 25.5 Å². The van der Waals surface area contributed by atoms with Crippen molar-refractivity contribution in [3.05, 3.63) is 24.3 Å². The largest absolute Gasteiger partial charge is 0.381 e. The number of hydrogen-bond acceptors (Lipinski definition) is 4. The lowest BCUT2D eigenvalue weighted by atomic mass is 9.89. The molecule has 2 heterocycles. The van der Waals surface area contributed by atoms with Crippen LogP contribution >= 0.6 is 0 Å². The van der Waals surface area contributed by atoms with Gasteiger partial charge in [0, 0.05) is 19.6 Å². The van der Waals surface area contributed by atoms with Crippen LogP contribution in [-0.2, 0) is 9.59 Å². The molecule has 0 bridgehead atoms. The first-order valence-electron chi connectivity index (χ1n) is 7.18. The van der Waals surface area contributed by atoms with Gasteiger partial charge in [-0.1, -0.05) is 12.1 Å². The molecular formula is C15H20N4O2. The van der Waals surface area contributed by atoms with Crippen LogP contribution in [0.2, 0.25) is 0 Å². The van der Waals surface area contributed by atoms with Crippen molar-refractivity contribution in [1.29, 1.82) is 0 Å². The van der Waals surface area contributed by atoms with E-state index < -0.39 is 5.41 Å². The highest BCUT2D eigenvalue weighted by molar-refractivity contribution is 5.90. The molecule has 0 aromatic heterocycles. The molecule has 1 aromatic rings. The standard InChI is InChI=1S/C15H20N4O2/c1-15(14(16)21)6-7-19(9-15)13(20)12-8-17-10-4-2-3-5-11(10)18-12/h2-5,12,17-18H,6-9H2,1H3,(H2,16,21). The summed E-state index contributed by atoms with van der Waals surface area (Å²) in [5, 5.41) is 6.52. The van der Waals surface area contributed by atoms with E-state index in [1.54, 1.807) is 4.90 Å². The van der Waals surface area contributed by atoms with Crippen molar-refractivity contribution in [2.75, 3.05) is 30.3 Å². The minimum Gasteiger partial charge on any atom is -0.381 e. The number of nitrogens with one attached hydrogen (secondary N) is 2. The molecule has 2 aliphatic heterocycles. The number of primary amides is 1. The Bertz CT molecular complexity index is 589. The summed E-state index contributed by atoms with van der Waals surface area (Å²) in [7, 11) is 0. The van der Waals surface area contributed by atoms with Crippen LogP contribution in [0.3, 0.4) is 0 Å². The monoisotopic (exact) mass is 288 g/mol. The highest BCUT2D eigenvalue weighted by Crippen LogP contribution is 2.31. The molecule has 3 rings (SSSR count). The van der Waals surface area contributed by atoms with Gasteiger partial charge in [0.1, 0.15) is 6.04 Å². The lowest BCUT2D eigenvalue weighted by Gasteiger charge is -2.31. The fourth-order valence-electron chi connectivity index (χ4n) is 2.93. The summed E-state index contributed by atoms with van der Waals surface area (Å²) in [6, 6.07) is 7.49. The number of nitrogens with two attached hydrogens (primary N) is 1. The number of anilines is 2. The second kappa shape index (κ2) is 4.95. The molecular weight excluding hydrogens is 268 g/mol. The van der Waals surface area contributed by atoms with Crippen molar-refractivity contribution in [2.45, 2.75) is 19.4 Å². The van der Waals surface area contributed by atoms with Crippen molar-refractivity contribution >= 4 is 23.2 Å². The molecule has 1 fully saturated rings. The average molecular weight is 288 g/mol. The van der Waals surface area contributed by atoms with Gasteiger partial charge in [0.2, 0.25) is 11.8 Å². The number of fused-ring (bicyclic) bond motifs is 1. The Morgan fingerprint density at radius 2 is 2.05 bits per heavy atom. The summed E-state index contributed by atoms with van der Waals surface area (Å²) in [6.45, 7) is 3.35. The Labute approximate surface area is 123 Å². The molecule has 0 saturated carbocycles. The minimum absolute atomic E-state index is 0.0157. The Morgan fingerprint density at radius 1 is 1.33 bits per heavy atom. The van der Waals surface area contributed by atoms with Crippen LogP contribution in [0, 0.1) is 5.41 Å². The lowest BCUT2D eigenvalue weighted by Crippen LogP contribution is -2.48. The zero-order valence-corrected chi connectivity index (χ0v) is 12.1. The average Bonchev–Trinajstić information content (AvgIpc) is 2.90. The number of carbonyl (C=O) groups excluding carboxylic acids is 2. The highest BCUT2D eigenvalue weighted by atomic mass is 16.2. The van der Waals surface area contributed by atoms with E-state index in [0.29, 0.717) is 26.1 Å². The number of amides is 2. The fraction of sp³-hybridized carbons (Fsp3) is 0.467. The molecule has 4 N–H and O–H groups in total. The van der Waals surface area contributed by atoms with Crippen LogP contribution in [-0.4, -0.2) is 42.4 Å². The molecule has 2 amide bonds. The van der Waals surface area contributed by atoms with E-state index in [0.717, 1.165) is 11.4 Å². The van der Waals surface area contributed by atoms with Gasteiger partial charge in [-0.2, -0.15) is 0 Å². The van der Waals surface area contributed by atoms with E-state index in [-0.39, 0.29) is 17.9 Å². The number of para-hydroxylation sites is 2. The zero-order valence-electron chi connectivity index (χ0n) is 12.1. The molecule has 0 radical (unpaired) electrons. The molecule has 21 heavy (non-hydrogen) atoms. The van der Waals surface area contributed by atoms with Crippen LogP contribution in [0.1, 0.15) is 13.3 Å². The predicted molar refractivity (Wildman–Crippen MR) is 80.8 cm³/mol. The first-order valence-corrected chi connectivity index (χ1v) is 7.18. The van der Waals surface area contributed by atoms with Crippen LogP contribution in [0.5, 0.6) is 0 Å². The van der Waals surface area contributed by atoms with E-state index in [2.05, 4.69) is 10.6 Å². The van der Waals surface area contributed by atoms with E-state index >= 15 is 0 Å². The molecule has 2 unspecified atom stereocenters. The number of rotatable bonds is 2. The second-order valence-electron chi connectivity index (χ2n) is 6.06. The highest BCUT2D eigenvalue weighted by Gasteiger charge is 2.42. The maximum Gasteiger partial charge on any atom is 0.246 e. The van der Waals surface area contributed by atoms with Gasteiger partial charge in [0.15, 0.2) is 0 Å². The quantitative estimate of drug-likeness (QED) is 0.744. The second-order valence-corrected chi connectivity index (χ2v) is 6.06. The van der Waals surface area contributed by atoms with Crippen molar-refractivity contribution < 1.29 is 9.59 Å². The zero-order chi connectivity index (χ0) is 15.0. The minimum atomic E-state index is -0.602. The van der Waals surface area contributed by atoms with Crippen LogP contribution in [0.15, 0.2) is 24.3 Å². The molecule has 2 aliphatic rings. The summed E-state index contributed by atoms with van der Waals surface area (Å²) < 4.78 is 0. The molecule has 2 atom stereocenters. The molecule has 6 nitrogen and oxygen atoms in total. The predicted octanol–water partition coefficient (Wildman–Crippen LogP) is 0.616. The third-order valence-corrected chi connectivity index (χ3v) is 4.43. The topological polar surface area (TPSA) is 87.5 Å². The summed E-state index contributed by atoms with van der Waals surface area (Å²) in [5.41, 5.74) is 6.76. The van der Waals surface area contributed by atoms with E-state index in [1.165, 1.54) is 0 Å². The summed E-state index contributed by atoms with van der Waals surface area (Å²) >= 11 is 0. The lowest BCUT2D eigenvalue weighted by molar-refractivity contribution is -0.132. The van der Waals surface area contributed by atoms with E-state index in [1.807, 2.05) is 31.2 Å². The van der Waals surface area contributed by atoms with Gasteiger partial charge in [0.25, 0.3) is 0 Å². The molecule has 0 aliphatic carbocycles. The maximum atomic E-state index is 12.6. The molecule has 6 heteroatoms. The molecule has 1 saturated heterocycles. The van der Waals surface area contributed by atoms with Gasteiger partial charge in [0.05, 0.1) is 16.8 Å². The fourth-order valence-corrected chi connectivity index (χ4v) is 2.93. The first-order chi connectivity index (χ1) is 9.99. The van der Waals surface area contributed by atoms with E-state index in [4.69, 9.17) is 5.73 Å². The van der Waals surface area contributed by atoms with E-state index in [9.17, 15) is 9.59 Å². The normalized spacial score (nSPS) is 27.5. The van der Waals surface area contributed by atoms with Crippen molar-refractivity contribution in [2.24, 2.45) is 11.1 Å². The Hall–Kier alpha value is -2.24. The van der Waals surface area contributed by atoms with Crippen molar-refractivity contribution in [3.63, 3.8) is 0 Å². The SMILES string of the molecule is CC1(C(N)=O)CCN(C(=O)C2CNc3ccccc3N2)C1. The Morgan fingerprint density at radius 3 is 2.71 bits per heavy atom. The molecule has 0 spiro atoms. The van der Waals surface area contributed by atoms with Gasteiger partial charge in [-0.15, -0.1) is 0 Å². The third kappa shape index (κ3) is 2.41. The smallest absolute Gasteiger partial charge is 0.246 e. The van der Waals surface area contributed by atoms with Gasteiger partial charge in [-0.25, -0.2) is 0 Å². The molecule has 112 valence electrons. The first kappa shape index (κ1) is 13.7. The van der Waals surface area contributed by atoms with Crippen molar-refractivity contribution in [1.82, 2.24) is 4.90 Å². The number of hydrogen-bond donors (Lipinski definition) is 3. The Balaban J connectivity index is 1.69. The number of likely N-dealkylation sites (tertiary alicyclic amines) is 1.